The lowest BCUT2D eigenvalue weighted by atomic mass is 9.44. The second kappa shape index (κ2) is 7.15. The van der Waals surface area contributed by atoms with E-state index >= 15 is 0 Å². The van der Waals surface area contributed by atoms with Crippen molar-refractivity contribution >= 4 is 5.78 Å². The first-order chi connectivity index (χ1) is 14.9. The SMILES string of the molecule is CC(C)[C@@H](C)/C=C/[C@@H](C)[C@H]1CC[C@@H]2[C@]1(C)CC[C@@H]1[C@@H]3O[C@@]34C[C@@H](O)CC[C@]4(C)C(=O)[C@@]12O. The molecule has 4 heteroatoms. The largest absolute Gasteiger partial charge is 0.393 e. The molecule has 5 aliphatic rings. The molecule has 0 amide bonds. The van der Waals surface area contributed by atoms with Crippen LogP contribution in [-0.4, -0.2) is 39.4 Å². The molecular weight excluding hydrogens is 400 g/mol. The number of hydrogen-bond acceptors (Lipinski definition) is 4. The lowest BCUT2D eigenvalue weighted by molar-refractivity contribution is -0.196. The van der Waals surface area contributed by atoms with Crippen LogP contribution in [0.1, 0.15) is 86.5 Å². The predicted octanol–water partition coefficient (Wildman–Crippen LogP) is 4.92. The second-order valence-electron chi connectivity index (χ2n) is 13.0. The van der Waals surface area contributed by atoms with Gasteiger partial charge in [-0.05, 0) is 74.5 Å². The second-order valence-corrected chi connectivity index (χ2v) is 13.0. The quantitative estimate of drug-likeness (QED) is 0.477. The Labute approximate surface area is 194 Å². The van der Waals surface area contributed by atoms with Gasteiger partial charge in [0.1, 0.15) is 11.2 Å². The summed E-state index contributed by atoms with van der Waals surface area (Å²) < 4.78 is 6.34. The summed E-state index contributed by atoms with van der Waals surface area (Å²) in [5, 5.41) is 22.7. The minimum Gasteiger partial charge on any atom is -0.393 e. The first kappa shape index (κ1) is 23.1. The summed E-state index contributed by atoms with van der Waals surface area (Å²) >= 11 is 0. The number of hydrogen-bond donors (Lipinski definition) is 2. The van der Waals surface area contributed by atoms with E-state index in [1.54, 1.807) is 0 Å². The van der Waals surface area contributed by atoms with E-state index in [0.717, 1.165) is 25.7 Å². The molecule has 1 aliphatic heterocycles. The fraction of sp³-hybridized carbons (Fsp3) is 0.893. The number of ether oxygens (including phenoxy) is 1. The number of Topliss-reactive ketones (excluding diaryl/α,β-unsaturated/α-hetero) is 1. The molecule has 0 radical (unpaired) electrons. The Morgan fingerprint density at radius 2 is 1.75 bits per heavy atom. The van der Waals surface area contributed by atoms with Crippen LogP contribution in [-0.2, 0) is 9.53 Å². The van der Waals surface area contributed by atoms with E-state index in [0.29, 0.717) is 42.9 Å². The van der Waals surface area contributed by atoms with Gasteiger partial charge in [-0.3, -0.25) is 4.79 Å². The standard InChI is InChI=1S/C28H44O4/c1-16(2)17(3)7-8-18(4)20-9-10-22-25(20,5)13-12-21-23-27(32-23)15-19(29)11-14-26(27,6)24(30)28(21,22)31/h7-8,16-23,29,31H,9-15H2,1-6H3/b8-7+/t17-,18+,19-,20+,21+,22+,23-,25+,26+,27-,28+/m0/s1. The number of allylic oxidation sites excluding steroid dienone is 2. The highest BCUT2D eigenvalue weighted by Gasteiger charge is 2.83. The van der Waals surface area contributed by atoms with Crippen molar-refractivity contribution in [3.8, 4) is 0 Å². The Morgan fingerprint density at radius 3 is 2.44 bits per heavy atom. The molecule has 0 aromatic heterocycles. The van der Waals surface area contributed by atoms with Crippen molar-refractivity contribution in [2.24, 2.45) is 46.3 Å². The maximum absolute atomic E-state index is 14.2. The van der Waals surface area contributed by atoms with Crippen LogP contribution in [0, 0.1) is 46.3 Å². The number of aliphatic hydroxyl groups is 2. The fourth-order valence-corrected chi connectivity index (χ4v) is 8.87. The lowest BCUT2D eigenvalue weighted by Crippen LogP contribution is -2.71. The molecule has 0 bridgehead atoms. The summed E-state index contributed by atoms with van der Waals surface area (Å²) in [5.74, 6) is 2.06. The Kier molecular flexibility index (Phi) is 5.15. The Balaban J connectivity index is 1.45. The molecule has 4 aliphatic carbocycles. The molecule has 11 atom stereocenters. The summed E-state index contributed by atoms with van der Waals surface area (Å²) in [6.07, 6.45) is 10.0. The third-order valence-corrected chi connectivity index (χ3v) is 11.3. The maximum Gasteiger partial charge on any atom is 0.173 e. The monoisotopic (exact) mass is 444 g/mol. The molecule has 2 N–H and O–H groups in total. The summed E-state index contributed by atoms with van der Waals surface area (Å²) in [4.78, 5) is 14.2. The number of fused-ring (bicyclic) bond motifs is 4. The van der Waals surface area contributed by atoms with Crippen molar-refractivity contribution in [1.29, 1.82) is 0 Å². The van der Waals surface area contributed by atoms with Gasteiger partial charge in [0.2, 0.25) is 0 Å². The van der Waals surface area contributed by atoms with Gasteiger partial charge in [0.25, 0.3) is 0 Å². The van der Waals surface area contributed by atoms with E-state index in [-0.39, 0.29) is 29.1 Å². The van der Waals surface area contributed by atoms with Crippen molar-refractivity contribution in [3.63, 3.8) is 0 Å². The molecule has 0 aromatic carbocycles. The molecule has 0 unspecified atom stereocenters. The third-order valence-electron chi connectivity index (χ3n) is 11.3. The zero-order valence-electron chi connectivity index (χ0n) is 20.9. The molecule has 4 nitrogen and oxygen atoms in total. The molecule has 1 saturated heterocycles. The van der Waals surface area contributed by atoms with Crippen LogP contribution in [0.3, 0.4) is 0 Å². The minimum atomic E-state index is -1.28. The van der Waals surface area contributed by atoms with Gasteiger partial charge in [0.05, 0.1) is 17.6 Å². The molecule has 1 heterocycles. The van der Waals surface area contributed by atoms with Crippen LogP contribution in [0.15, 0.2) is 12.2 Å². The zero-order valence-corrected chi connectivity index (χ0v) is 20.9. The molecule has 5 rings (SSSR count). The molecule has 4 saturated carbocycles. The van der Waals surface area contributed by atoms with E-state index in [2.05, 4.69) is 46.8 Å². The van der Waals surface area contributed by atoms with Crippen LogP contribution in [0.5, 0.6) is 0 Å². The molecule has 180 valence electrons. The fourth-order valence-electron chi connectivity index (χ4n) is 8.87. The molecular formula is C28H44O4. The Bertz CT molecular complexity index is 820. The van der Waals surface area contributed by atoms with Crippen molar-refractivity contribution in [2.75, 3.05) is 0 Å². The Hall–Kier alpha value is -0.710. The highest BCUT2D eigenvalue weighted by molar-refractivity contribution is 5.96. The van der Waals surface area contributed by atoms with Gasteiger partial charge in [-0.25, -0.2) is 0 Å². The van der Waals surface area contributed by atoms with Gasteiger partial charge in [0, 0.05) is 18.3 Å². The van der Waals surface area contributed by atoms with E-state index in [1.807, 2.05) is 6.92 Å². The van der Waals surface area contributed by atoms with Gasteiger partial charge in [-0.1, -0.05) is 46.8 Å². The maximum atomic E-state index is 14.2. The number of carbonyl (C=O) groups is 1. The number of epoxide rings is 1. The van der Waals surface area contributed by atoms with Crippen LogP contribution < -0.4 is 0 Å². The highest BCUT2D eigenvalue weighted by atomic mass is 16.6. The van der Waals surface area contributed by atoms with Crippen molar-refractivity contribution in [2.45, 2.75) is 110 Å². The van der Waals surface area contributed by atoms with Gasteiger partial charge in [-0.2, -0.15) is 0 Å². The van der Waals surface area contributed by atoms with Crippen LogP contribution in [0.4, 0.5) is 0 Å². The summed E-state index contributed by atoms with van der Waals surface area (Å²) in [7, 11) is 0. The first-order valence-electron chi connectivity index (χ1n) is 13.2. The van der Waals surface area contributed by atoms with E-state index in [9.17, 15) is 15.0 Å². The topological polar surface area (TPSA) is 70.1 Å². The normalized spacial score (nSPS) is 54.0. The van der Waals surface area contributed by atoms with Crippen LogP contribution in [0.2, 0.25) is 0 Å². The average molecular weight is 445 g/mol. The molecule has 32 heavy (non-hydrogen) atoms. The average Bonchev–Trinajstić information content (AvgIpc) is 3.32. The van der Waals surface area contributed by atoms with Crippen molar-refractivity contribution in [1.82, 2.24) is 0 Å². The minimum absolute atomic E-state index is 0.00972. The van der Waals surface area contributed by atoms with E-state index < -0.39 is 22.7 Å². The Morgan fingerprint density at radius 1 is 1.03 bits per heavy atom. The van der Waals surface area contributed by atoms with Crippen LogP contribution in [0.25, 0.3) is 0 Å². The predicted molar refractivity (Wildman–Crippen MR) is 125 cm³/mol. The number of carbonyl (C=O) groups excluding carboxylic acids is 1. The molecule has 0 aromatic rings. The molecule has 1 spiro atoms. The van der Waals surface area contributed by atoms with Crippen molar-refractivity contribution < 1.29 is 19.7 Å². The van der Waals surface area contributed by atoms with Gasteiger partial charge in [0.15, 0.2) is 5.78 Å². The summed E-state index contributed by atoms with van der Waals surface area (Å²) in [6, 6.07) is 0. The number of aliphatic hydroxyl groups excluding tert-OH is 1. The van der Waals surface area contributed by atoms with E-state index in [4.69, 9.17) is 4.74 Å². The van der Waals surface area contributed by atoms with Gasteiger partial charge >= 0.3 is 0 Å². The third kappa shape index (κ3) is 2.75. The first-order valence-corrected chi connectivity index (χ1v) is 13.2. The summed E-state index contributed by atoms with van der Waals surface area (Å²) in [5.41, 5.74) is -2.51. The van der Waals surface area contributed by atoms with E-state index in [1.165, 1.54) is 0 Å². The van der Waals surface area contributed by atoms with Crippen molar-refractivity contribution in [3.05, 3.63) is 12.2 Å². The summed E-state index contributed by atoms with van der Waals surface area (Å²) in [6.45, 7) is 13.5. The van der Waals surface area contributed by atoms with Gasteiger partial charge < -0.3 is 14.9 Å². The number of rotatable bonds is 4. The van der Waals surface area contributed by atoms with Crippen LogP contribution >= 0.6 is 0 Å². The zero-order chi connectivity index (χ0) is 23.3. The number of ketones is 1. The smallest absolute Gasteiger partial charge is 0.173 e. The highest BCUT2D eigenvalue weighted by Crippen LogP contribution is 2.73. The van der Waals surface area contributed by atoms with Gasteiger partial charge in [-0.15, -0.1) is 0 Å². The lowest BCUT2D eigenvalue weighted by Gasteiger charge is -2.59. The molecule has 5 fully saturated rings.